The molecule has 0 atom stereocenters. The van der Waals surface area contributed by atoms with Crippen LogP contribution in [0.4, 0.5) is 5.69 Å². The van der Waals surface area contributed by atoms with E-state index < -0.39 is 17.5 Å². The number of carboxylic acid groups (broad SMARTS) is 1. The molecule has 0 saturated carbocycles. The fourth-order valence-electron chi connectivity index (χ4n) is 1.41. The molecule has 6 nitrogen and oxygen atoms in total. The molecule has 0 fully saturated rings. The molecule has 20 heavy (non-hydrogen) atoms. The fourth-order valence-corrected chi connectivity index (χ4v) is 1.41. The van der Waals surface area contributed by atoms with E-state index in [1.807, 2.05) is 20.8 Å². The third-order valence-corrected chi connectivity index (χ3v) is 2.37. The molecule has 110 valence electrons. The molecule has 0 aliphatic heterocycles. The minimum atomic E-state index is -1.13. The molecule has 0 aliphatic carbocycles. The molecule has 6 heteroatoms. The molecule has 2 N–H and O–H groups in total. The number of hydrogen-bond donors (Lipinski definition) is 2. The average molecular weight is 281 g/mol. The molecule has 0 saturated heterocycles. The summed E-state index contributed by atoms with van der Waals surface area (Å²) in [5, 5.41) is 11.6. The summed E-state index contributed by atoms with van der Waals surface area (Å²) >= 11 is 0. The summed E-state index contributed by atoms with van der Waals surface area (Å²) in [6, 6.07) is 4.35. The van der Waals surface area contributed by atoms with Crippen molar-refractivity contribution in [3.8, 4) is 5.75 Å². The Hall–Kier alpha value is -2.08. The number of anilines is 1. The number of carboxylic acids is 1. The lowest BCUT2D eigenvalue weighted by Crippen LogP contribution is -2.27. The zero-order chi connectivity index (χ0) is 15.3. The summed E-state index contributed by atoms with van der Waals surface area (Å²) in [6.45, 7) is 5.33. The lowest BCUT2D eigenvalue weighted by Gasteiger charge is -2.19. The van der Waals surface area contributed by atoms with Crippen molar-refractivity contribution in [2.75, 3.05) is 19.0 Å². The van der Waals surface area contributed by atoms with Gasteiger partial charge < -0.3 is 19.9 Å². The Labute approximate surface area is 117 Å². The zero-order valence-corrected chi connectivity index (χ0v) is 12.0. The lowest BCUT2D eigenvalue weighted by molar-refractivity contribution is -0.125. The fraction of sp³-hybridized carbons (Fsp3) is 0.429. The van der Waals surface area contributed by atoms with Gasteiger partial charge in [0.05, 0.1) is 24.0 Å². The van der Waals surface area contributed by atoms with E-state index in [0.29, 0.717) is 5.75 Å². The van der Waals surface area contributed by atoms with Crippen molar-refractivity contribution in [2.24, 2.45) is 0 Å². The molecule has 0 heterocycles. The van der Waals surface area contributed by atoms with Crippen molar-refractivity contribution in [3.05, 3.63) is 23.8 Å². The molecule has 0 aliphatic rings. The van der Waals surface area contributed by atoms with Crippen LogP contribution in [0.25, 0.3) is 0 Å². The molecule has 1 amide bonds. The first-order chi connectivity index (χ1) is 9.23. The van der Waals surface area contributed by atoms with Crippen LogP contribution in [-0.4, -0.2) is 36.3 Å². The number of amides is 1. The van der Waals surface area contributed by atoms with Gasteiger partial charge in [0.1, 0.15) is 12.4 Å². The van der Waals surface area contributed by atoms with Gasteiger partial charge in [-0.1, -0.05) is 0 Å². The van der Waals surface area contributed by atoms with Crippen molar-refractivity contribution >= 4 is 17.6 Å². The van der Waals surface area contributed by atoms with Gasteiger partial charge in [-0.3, -0.25) is 4.79 Å². The van der Waals surface area contributed by atoms with E-state index in [9.17, 15) is 9.59 Å². The van der Waals surface area contributed by atoms with Gasteiger partial charge in [0.25, 0.3) is 0 Å². The molecule has 0 aromatic heterocycles. The van der Waals surface area contributed by atoms with Crippen LogP contribution in [0.2, 0.25) is 0 Å². The summed E-state index contributed by atoms with van der Waals surface area (Å²) in [6.07, 6.45) is 0. The van der Waals surface area contributed by atoms with Crippen LogP contribution in [0.15, 0.2) is 18.2 Å². The van der Waals surface area contributed by atoms with Gasteiger partial charge >= 0.3 is 5.97 Å². The number of hydrogen-bond acceptors (Lipinski definition) is 4. The molecule has 1 rings (SSSR count). The first kappa shape index (κ1) is 16.0. The minimum absolute atomic E-state index is 0.00471. The van der Waals surface area contributed by atoms with Crippen LogP contribution in [0, 0.1) is 0 Å². The highest BCUT2D eigenvalue weighted by molar-refractivity contribution is 6.01. The van der Waals surface area contributed by atoms with Crippen molar-refractivity contribution in [3.63, 3.8) is 0 Å². The Morgan fingerprint density at radius 1 is 1.30 bits per heavy atom. The highest BCUT2D eigenvalue weighted by atomic mass is 16.5. The number of rotatable bonds is 5. The molecule has 1 aromatic rings. The van der Waals surface area contributed by atoms with Crippen LogP contribution in [0.5, 0.6) is 5.75 Å². The largest absolute Gasteiger partial charge is 0.497 e. The maximum atomic E-state index is 11.8. The Balaban J connectivity index is 2.84. The van der Waals surface area contributed by atoms with Crippen LogP contribution in [0.3, 0.4) is 0 Å². The van der Waals surface area contributed by atoms with Crippen molar-refractivity contribution < 1.29 is 24.2 Å². The number of ether oxygens (including phenoxy) is 2. The summed E-state index contributed by atoms with van der Waals surface area (Å²) in [7, 11) is 1.46. The maximum absolute atomic E-state index is 11.8. The smallest absolute Gasteiger partial charge is 0.337 e. The van der Waals surface area contributed by atoms with Gasteiger partial charge in [0, 0.05) is 6.07 Å². The van der Waals surface area contributed by atoms with Crippen LogP contribution >= 0.6 is 0 Å². The molecule has 1 aromatic carbocycles. The number of benzene rings is 1. The Morgan fingerprint density at radius 2 is 1.95 bits per heavy atom. The SMILES string of the molecule is COc1ccc(C(=O)O)c(NC(=O)COC(C)(C)C)c1. The second kappa shape index (κ2) is 6.38. The first-order valence-corrected chi connectivity index (χ1v) is 6.08. The van der Waals surface area contributed by atoms with E-state index in [4.69, 9.17) is 14.6 Å². The molecule has 0 unspecified atom stereocenters. The Morgan fingerprint density at radius 3 is 2.45 bits per heavy atom. The normalized spacial score (nSPS) is 11.0. The monoisotopic (exact) mass is 281 g/mol. The first-order valence-electron chi connectivity index (χ1n) is 6.08. The lowest BCUT2D eigenvalue weighted by atomic mass is 10.1. The van der Waals surface area contributed by atoms with Gasteiger partial charge in [-0.15, -0.1) is 0 Å². The number of nitrogens with one attached hydrogen (secondary N) is 1. The van der Waals surface area contributed by atoms with Gasteiger partial charge in [-0.25, -0.2) is 4.79 Å². The molecular formula is C14H19NO5. The zero-order valence-electron chi connectivity index (χ0n) is 12.0. The average Bonchev–Trinajstić information content (AvgIpc) is 2.35. The van der Waals surface area contributed by atoms with E-state index >= 15 is 0 Å². The molecule has 0 bridgehead atoms. The van der Waals surface area contributed by atoms with E-state index in [1.54, 1.807) is 0 Å². The van der Waals surface area contributed by atoms with E-state index in [1.165, 1.54) is 25.3 Å². The van der Waals surface area contributed by atoms with E-state index in [2.05, 4.69) is 5.32 Å². The Kier molecular flexibility index (Phi) is 5.10. The number of carbonyl (C=O) groups is 2. The highest BCUT2D eigenvalue weighted by Gasteiger charge is 2.16. The summed E-state index contributed by atoms with van der Waals surface area (Å²) in [5.41, 5.74) is -0.268. The summed E-state index contributed by atoms with van der Waals surface area (Å²) in [4.78, 5) is 22.9. The minimum Gasteiger partial charge on any atom is -0.497 e. The number of aromatic carboxylic acids is 1. The predicted octanol–water partition coefficient (Wildman–Crippen LogP) is 2.15. The van der Waals surface area contributed by atoms with E-state index in [0.717, 1.165) is 0 Å². The molecular weight excluding hydrogens is 262 g/mol. The quantitative estimate of drug-likeness (QED) is 0.863. The van der Waals surface area contributed by atoms with Crippen molar-refractivity contribution in [1.29, 1.82) is 0 Å². The van der Waals surface area contributed by atoms with Crippen molar-refractivity contribution in [1.82, 2.24) is 0 Å². The number of methoxy groups -OCH3 is 1. The third kappa shape index (κ3) is 4.89. The van der Waals surface area contributed by atoms with E-state index in [-0.39, 0.29) is 17.9 Å². The second-order valence-electron chi connectivity index (χ2n) is 5.17. The Bertz CT molecular complexity index is 505. The topological polar surface area (TPSA) is 84.9 Å². The van der Waals surface area contributed by atoms with Gasteiger partial charge in [-0.2, -0.15) is 0 Å². The predicted molar refractivity (Wildman–Crippen MR) is 74.3 cm³/mol. The second-order valence-corrected chi connectivity index (χ2v) is 5.17. The summed E-state index contributed by atoms with van der Waals surface area (Å²) < 4.78 is 10.3. The number of carbonyl (C=O) groups excluding carboxylic acids is 1. The molecule has 0 spiro atoms. The van der Waals surface area contributed by atoms with Gasteiger partial charge in [0.2, 0.25) is 5.91 Å². The summed E-state index contributed by atoms with van der Waals surface area (Å²) in [5.74, 6) is -1.09. The maximum Gasteiger partial charge on any atom is 0.337 e. The van der Waals surface area contributed by atoms with Crippen LogP contribution in [0.1, 0.15) is 31.1 Å². The van der Waals surface area contributed by atoms with Crippen LogP contribution < -0.4 is 10.1 Å². The highest BCUT2D eigenvalue weighted by Crippen LogP contribution is 2.22. The third-order valence-electron chi connectivity index (χ3n) is 2.37. The van der Waals surface area contributed by atoms with Crippen molar-refractivity contribution in [2.45, 2.75) is 26.4 Å². The standard InChI is InChI=1S/C14H19NO5/c1-14(2,3)20-8-12(16)15-11-7-9(19-4)5-6-10(11)13(17)18/h5-7H,8H2,1-4H3,(H,15,16)(H,17,18). The molecule has 0 radical (unpaired) electrons. The van der Waals surface area contributed by atoms with Gasteiger partial charge in [-0.05, 0) is 32.9 Å². The van der Waals surface area contributed by atoms with Gasteiger partial charge in [0.15, 0.2) is 0 Å². The van der Waals surface area contributed by atoms with Crippen LogP contribution in [-0.2, 0) is 9.53 Å².